The summed E-state index contributed by atoms with van der Waals surface area (Å²) < 4.78 is 5.40. The third-order valence-electron chi connectivity index (χ3n) is 3.42. The number of hydrogen-bond acceptors (Lipinski definition) is 2. The minimum absolute atomic E-state index is 0.0866. The van der Waals surface area contributed by atoms with Crippen LogP contribution in [0.2, 0.25) is 0 Å². The van der Waals surface area contributed by atoms with Gasteiger partial charge >= 0.3 is 0 Å². The smallest absolute Gasteiger partial charge is 0.173 e. The molecule has 2 nitrogen and oxygen atoms in total. The van der Waals surface area contributed by atoms with Crippen molar-refractivity contribution in [2.24, 2.45) is 5.92 Å². The molecule has 0 N–H and O–H groups in total. The molecular formula is C11H17NO. The molecule has 2 atom stereocenters. The van der Waals surface area contributed by atoms with E-state index in [1.807, 2.05) is 0 Å². The van der Waals surface area contributed by atoms with Crippen LogP contribution in [0.5, 0.6) is 0 Å². The van der Waals surface area contributed by atoms with Gasteiger partial charge in [-0.25, -0.2) is 0 Å². The van der Waals surface area contributed by atoms with Crippen LogP contribution < -0.4 is 0 Å². The summed E-state index contributed by atoms with van der Waals surface area (Å²) in [5.41, 5.74) is -0.0866. The summed E-state index contributed by atoms with van der Waals surface area (Å²) in [5.74, 6) is 0.817. The molecule has 2 fully saturated rings. The van der Waals surface area contributed by atoms with E-state index >= 15 is 0 Å². The molecule has 72 valence electrons. The number of nitriles is 1. The van der Waals surface area contributed by atoms with Crippen LogP contribution in [0.25, 0.3) is 0 Å². The van der Waals surface area contributed by atoms with Crippen LogP contribution in [-0.4, -0.2) is 11.7 Å². The summed E-state index contributed by atoms with van der Waals surface area (Å²) in [4.78, 5) is 0. The highest BCUT2D eigenvalue weighted by Crippen LogP contribution is 2.44. The van der Waals surface area contributed by atoms with E-state index in [1.54, 1.807) is 0 Å². The summed E-state index contributed by atoms with van der Waals surface area (Å²) >= 11 is 0. The van der Waals surface area contributed by atoms with E-state index in [2.05, 4.69) is 13.0 Å². The van der Waals surface area contributed by atoms with Crippen molar-refractivity contribution in [1.82, 2.24) is 0 Å². The van der Waals surface area contributed by atoms with Crippen LogP contribution in [0.15, 0.2) is 0 Å². The quantitative estimate of drug-likeness (QED) is 0.611. The van der Waals surface area contributed by atoms with Gasteiger partial charge in [0.05, 0.1) is 6.07 Å². The van der Waals surface area contributed by atoms with Crippen LogP contribution >= 0.6 is 0 Å². The van der Waals surface area contributed by atoms with Gasteiger partial charge in [0.1, 0.15) is 5.60 Å². The van der Waals surface area contributed by atoms with E-state index in [-0.39, 0.29) is 11.7 Å². The minimum atomic E-state index is -0.116. The van der Waals surface area contributed by atoms with Crippen molar-refractivity contribution >= 4 is 0 Å². The fourth-order valence-corrected chi connectivity index (χ4v) is 2.52. The van der Waals surface area contributed by atoms with Crippen molar-refractivity contribution in [1.29, 1.82) is 5.26 Å². The molecular weight excluding hydrogens is 162 g/mol. The van der Waals surface area contributed by atoms with Crippen molar-refractivity contribution in [2.75, 3.05) is 0 Å². The van der Waals surface area contributed by atoms with Gasteiger partial charge in [0.2, 0.25) is 0 Å². The van der Waals surface area contributed by atoms with E-state index < -0.39 is 0 Å². The second kappa shape index (κ2) is 3.31. The number of ether oxygens (including phenoxy) is 1. The maximum absolute atomic E-state index is 8.70. The van der Waals surface area contributed by atoms with E-state index in [4.69, 9.17) is 10.00 Å². The van der Waals surface area contributed by atoms with Gasteiger partial charge in [-0.3, -0.25) is 0 Å². The standard InChI is InChI=1S/C11H17NO/c1-11(10(8-12)13-11)7-9-5-3-2-4-6-9/h9-10H,2-7H2,1H3. The summed E-state index contributed by atoms with van der Waals surface area (Å²) in [6.45, 7) is 2.08. The fraction of sp³-hybridized carbons (Fsp3) is 0.909. The lowest BCUT2D eigenvalue weighted by Crippen LogP contribution is -2.17. The van der Waals surface area contributed by atoms with Gasteiger partial charge < -0.3 is 4.74 Å². The minimum Gasteiger partial charge on any atom is -0.350 e. The summed E-state index contributed by atoms with van der Waals surface area (Å²) in [5, 5.41) is 8.70. The van der Waals surface area contributed by atoms with Crippen molar-refractivity contribution < 1.29 is 4.74 Å². The molecule has 1 saturated heterocycles. The lowest BCUT2D eigenvalue weighted by Gasteiger charge is -2.22. The third-order valence-corrected chi connectivity index (χ3v) is 3.42. The van der Waals surface area contributed by atoms with Gasteiger partial charge in [-0.2, -0.15) is 5.26 Å². The van der Waals surface area contributed by atoms with Gasteiger partial charge in [-0.05, 0) is 19.3 Å². The summed E-state index contributed by atoms with van der Waals surface area (Å²) in [6.07, 6.45) is 7.82. The van der Waals surface area contributed by atoms with Gasteiger partial charge in [-0.15, -0.1) is 0 Å². The molecule has 0 bridgehead atoms. The first-order valence-corrected chi connectivity index (χ1v) is 5.32. The van der Waals surface area contributed by atoms with E-state index in [0.717, 1.165) is 12.3 Å². The third kappa shape index (κ3) is 1.86. The Morgan fingerprint density at radius 2 is 2.08 bits per heavy atom. The predicted octanol–water partition coefficient (Wildman–Crippen LogP) is 2.64. The zero-order valence-electron chi connectivity index (χ0n) is 8.25. The molecule has 13 heavy (non-hydrogen) atoms. The maximum Gasteiger partial charge on any atom is 0.173 e. The van der Waals surface area contributed by atoms with Crippen molar-refractivity contribution in [3.8, 4) is 6.07 Å². The van der Waals surface area contributed by atoms with Gasteiger partial charge in [0.15, 0.2) is 6.10 Å². The molecule has 1 saturated carbocycles. The number of rotatable bonds is 2. The van der Waals surface area contributed by atoms with Crippen LogP contribution in [-0.2, 0) is 4.74 Å². The van der Waals surface area contributed by atoms with Gasteiger partial charge in [0, 0.05) is 0 Å². The average molecular weight is 179 g/mol. The highest BCUT2D eigenvalue weighted by atomic mass is 16.6. The van der Waals surface area contributed by atoms with E-state index in [9.17, 15) is 0 Å². The molecule has 0 aromatic heterocycles. The number of nitrogens with zero attached hydrogens (tertiary/aromatic N) is 1. The Morgan fingerprint density at radius 3 is 2.62 bits per heavy atom. The molecule has 2 aliphatic rings. The first kappa shape index (κ1) is 9.02. The second-order valence-corrected chi connectivity index (χ2v) is 4.65. The fourth-order valence-electron chi connectivity index (χ4n) is 2.52. The highest BCUT2D eigenvalue weighted by molar-refractivity contribution is 5.12. The molecule has 2 unspecified atom stereocenters. The Hall–Kier alpha value is -0.550. The monoisotopic (exact) mass is 179 g/mol. The Kier molecular flexibility index (Phi) is 2.29. The van der Waals surface area contributed by atoms with E-state index in [1.165, 1.54) is 32.1 Å². The average Bonchev–Trinajstić information content (AvgIpc) is 2.78. The lowest BCUT2D eigenvalue weighted by atomic mass is 9.82. The predicted molar refractivity (Wildman–Crippen MR) is 50.1 cm³/mol. The van der Waals surface area contributed by atoms with Gasteiger partial charge in [0.25, 0.3) is 0 Å². The molecule has 0 radical (unpaired) electrons. The molecule has 0 amide bonds. The zero-order valence-corrected chi connectivity index (χ0v) is 8.25. The van der Waals surface area contributed by atoms with Crippen molar-refractivity contribution in [3.63, 3.8) is 0 Å². The van der Waals surface area contributed by atoms with Crippen LogP contribution in [0.3, 0.4) is 0 Å². The Bertz CT molecular complexity index is 227. The molecule has 0 spiro atoms. The highest BCUT2D eigenvalue weighted by Gasteiger charge is 2.53. The van der Waals surface area contributed by atoms with E-state index in [0.29, 0.717) is 0 Å². The summed E-state index contributed by atoms with van der Waals surface area (Å²) in [7, 11) is 0. The SMILES string of the molecule is CC1(CC2CCCCC2)OC1C#N. The Morgan fingerprint density at radius 1 is 1.38 bits per heavy atom. The lowest BCUT2D eigenvalue weighted by molar-refractivity contribution is 0.234. The molecule has 2 heteroatoms. The first-order valence-electron chi connectivity index (χ1n) is 5.32. The van der Waals surface area contributed by atoms with Crippen molar-refractivity contribution in [3.05, 3.63) is 0 Å². The molecule has 2 rings (SSSR count). The number of hydrogen-bond donors (Lipinski definition) is 0. The second-order valence-electron chi connectivity index (χ2n) is 4.65. The molecule has 0 aromatic rings. The molecule has 0 aromatic carbocycles. The van der Waals surface area contributed by atoms with Crippen LogP contribution in [0.4, 0.5) is 0 Å². The molecule has 1 aliphatic carbocycles. The Labute approximate surface area is 79.9 Å². The molecule has 1 heterocycles. The van der Waals surface area contributed by atoms with Crippen LogP contribution in [0, 0.1) is 17.2 Å². The molecule has 1 aliphatic heterocycles. The van der Waals surface area contributed by atoms with Crippen molar-refractivity contribution in [2.45, 2.75) is 57.2 Å². The Balaban J connectivity index is 1.81. The topological polar surface area (TPSA) is 36.3 Å². The summed E-state index contributed by atoms with van der Waals surface area (Å²) in [6, 6.07) is 2.20. The normalized spacial score (nSPS) is 39.8. The first-order chi connectivity index (χ1) is 6.24. The van der Waals surface area contributed by atoms with Gasteiger partial charge in [-0.1, -0.05) is 32.1 Å². The maximum atomic E-state index is 8.70. The zero-order chi connectivity index (χ0) is 9.31. The largest absolute Gasteiger partial charge is 0.350 e. The number of epoxide rings is 1. The van der Waals surface area contributed by atoms with Crippen LogP contribution in [0.1, 0.15) is 45.4 Å².